The molecule has 1 aliphatic heterocycles. The van der Waals surface area contributed by atoms with Gasteiger partial charge in [-0.25, -0.2) is 8.42 Å². The van der Waals surface area contributed by atoms with Crippen molar-refractivity contribution in [3.05, 3.63) is 42.0 Å². The molecule has 0 spiro atoms. The predicted octanol–water partition coefficient (Wildman–Crippen LogP) is 3.95. The summed E-state index contributed by atoms with van der Waals surface area (Å²) < 4.78 is 28.3. The van der Waals surface area contributed by atoms with E-state index in [0.29, 0.717) is 23.7 Å². The molecule has 29 heavy (non-hydrogen) atoms. The average Bonchev–Trinajstić information content (AvgIpc) is 3.20. The normalized spacial score (nSPS) is 15.9. The Morgan fingerprint density at radius 1 is 1.17 bits per heavy atom. The molecule has 1 aromatic carbocycles. The molecule has 1 atom stereocenters. The fraction of sp³-hybridized carbons (Fsp3) is 0.591. The molecule has 0 N–H and O–H groups in total. The van der Waals surface area contributed by atoms with Gasteiger partial charge in [-0.2, -0.15) is 4.31 Å². The molecule has 0 unspecified atom stereocenters. The summed E-state index contributed by atoms with van der Waals surface area (Å²) in [6, 6.07) is 7.06. The standard InChI is InChI=1S/C22H34N2O3S2/c1-4-5-6-9-21-10-12-22(13-11-21)29(26,27)24(19(2)18-28-20(3)25)17-16-23-14-7-8-15-23/h7-8,10-13,19H,4-6,9,14-18H2,1-3H3/t19-/m1/s1. The van der Waals surface area contributed by atoms with Gasteiger partial charge in [-0.3, -0.25) is 9.69 Å². The van der Waals surface area contributed by atoms with Crippen LogP contribution >= 0.6 is 11.8 Å². The number of unbranched alkanes of at least 4 members (excludes halogenated alkanes) is 2. The molecule has 1 aliphatic rings. The largest absolute Gasteiger partial charge is 0.295 e. The lowest BCUT2D eigenvalue weighted by Crippen LogP contribution is -2.44. The number of benzene rings is 1. The molecule has 7 heteroatoms. The molecule has 0 aromatic heterocycles. The Labute approximate surface area is 180 Å². The van der Waals surface area contributed by atoms with E-state index in [4.69, 9.17) is 0 Å². The summed E-state index contributed by atoms with van der Waals surface area (Å²) in [5, 5.41) is 0.00868. The first-order valence-corrected chi connectivity index (χ1v) is 12.9. The topological polar surface area (TPSA) is 57.7 Å². The van der Waals surface area contributed by atoms with E-state index in [1.54, 1.807) is 16.4 Å². The van der Waals surface area contributed by atoms with Crippen LogP contribution < -0.4 is 0 Å². The lowest BCUT2D eigenvalue weighted by atomic mass is 10.1. The highest BCUT2D eigenvalue weighted by Gasteiger charge is 2.29. The molecular weight excluding hydrogens is 404 g/mol. The van der Waals surface area contributed by atoms with E-state index in [9.17, 15) is 13.2 Å². The van der Waals surface area contributed by atoms with Gasteiger partial charge in [-0.1, -0.05) is 55.8 Å². The van der Waals surface area contributed by atoms with Gasteiger partial charge in [0, 0.05) is 44.9 Å². The van der Waals surface area contributed by atoms with Crippen molar-refractivity contribution in [1.29, 1.82) is 0 Å². The number of carbonyl (C=O) groups is 1. The number of carbonyl (C=O) groups excluding carboxylic acids is 1. The Hall–Kier alpha value is -1.15. The molecule has 0 fully saturated rings. The van der Waals surface area contributed by atoms with Crippen molar-refractivity contribution in [2.75, 3.05) is 31.9 Å². The first-order valence-electron chi connectivity index (χ1n) is 10.5. The summed E-state index contributed by atoms with van der Waals surface area (Å²) in [4.78, 5) is 13.9. The lowest BCUT2D eigenvalue weighted by Gasteiger charge is -2.30. The SMILES string of the molecule is CCCCCc1ccc(S(=O)(=O)N(CCN2CC=CC2)[C@H](C)CSC(C)=O)cc1. The number of hydrogen-bond acceptors (Lipinski definition) is 5. The molecule has 0 saturated carbocycles. The first-order chi connectivity index (χ1) is 13.8. The number of aryl methyl sites for hydroxylation is 1. The molecular formula is C22H34N2O3S2. The highest BCUT2D eigenvalue weighted by Crippen LogP contribution is 2.22. The highest BCUT2D eigenvalue weighted by molar-refractivity contribution is 8.13. The number of nitrogens with zero attached hydrogens (tertiary/aromatic N) is 2. The average molecular weight is 439 g/mol. The van der Waals surface area contributed by atoms with E-state index in [-0.39, 0.29) is 11.2 Å². The van der Waals surface area contributed by atoms with Crippen molar-refractivity contribution in [2.24, 2.45) is 0 Å². The van der Waals surface area contributed by atoms with Crippen LogP contribution in [0, 0.1) is 0 Å². The van der Waals surface area contributed by atoms with Crippen molar-refractivity contribution in [2.45, 2.75) is 57.4 Å². The van der Waals surface area contributed by atoms with Crippen molar-refractivity contribution in [3.8, 4) is 0 Å². The Balaban J connectivity index is 2.13. The number of hydrogen-bond donors (Lipinski definition) is 0. The zero-order chi connectivity index (χ0) is 21.3. The molecule has 0 amide bonds. The summed E-state index contributed by atoms with van der Waals surface area (Å²) in [6.07, 6.45) is 8.66. The minimum absolute atomic E-state index is 0.00868. The fourth-order valence-corrected chi connectivity index (χ4v) is 5.76. The number of rotatable bonds is 12. The molecule has 0 bridgehead atoms. The van der Waals surface area contributed by atoms with E-state index in [1.807, 2.05) is 19.1 Å². The zero-order valence-corrected chi connectivity index (χ0v) is 19.5. The van der Waals surface area contributed by atoms with Crippen LogP contribution in [0.3, 0.4) is 0 Å². The lowest BCUT2D eigenvalue weighted by molar-refractivity contribution is -0.109. The Morgan fingerprint density at radius 3 is 2.41 bits per heavy atom. The summed E-state index contributed by atoms with van der Waals surface area (Å²) in [7, 11) is -3.62. The minimum atomic E-state index is -3.62. The molecule has 162 valence electrons. The summed E-state index contributed by atoms with van der Waals surface area (Å²) in [6.45, 7) is 8.39. The highest BCUT2D eigenvalue weighted by atomic mass is 32.2. The number of sulfonamides is 1. The van der Waals surface area contributed by atoms with Crippen LogP contribution in [-0.4, -0.2) is 60.7 Å². The second-order valence-electron chi connectivity index (χ2n) is 7.60. The van der Waals surface area contributed by atoms with Gasteiger partial charge in [-0.15, -0.1) is 0 Å². The fourth-order valence-electron chi connectivity index (χ4n) is 3.39. The van der Waals surface area contributed by atoms with Gasteiger partial charge < -0.3 is 0 Å². The van der Waals surface area contributed by atoms with Crippen LogP contribution in [0.1, 0.15) is 45.6 Å². The number of thioether (sulfide) groups is 1. The van der Waals surface area contributed by atoms with E-state index >= 15 is 0 Å². The maximum Gasteiger partial charge on any atom is 0.243 e. The molecule has 0 saturated heterocycles. The molecule has 5 nitrogen and oxygen atoms in total. The van der Waals surface area contributed by atoms with Crippen molar-refractivity contribution < 1.29 is 13.2 Å². The van der Waals surface area contributed by atoms with Gasteiger partial charge in [0.2, 0.25) is 10.0 Å². The molecule has 1 aromatic rings. The van der Waals surface area contributed by atoms with E-state index in [1.165, 1.54) is 37.1 Å². The smallest absolute Gasteiger partial charge is 0.243 e. The third kappa shape index (κ3) is 7.55. The second-order valence-corrected chi connectivity index (χ2v) is 10.7. The van der Waals surface area contributed by atoms with Crippen molar-refractivity contribution >= 4 is 26.9 Å². The van der Waals surface area contributed by atoms with Crippen molar-refractivity contribution in [3.63, 3.8) is 0 Å². The molecule has 1 heterocycles. The molecule has 0 aliphatic carbocycles. The Morgan fingerprint density at radius 2 is 1.83 bits per heavy atom. The van der Waals surface area contributed by atoms with Crippen LogP contribution in [-0.2, 0) is 21.2 Å². The van der Waals surface area contributed by atoms with Gasteiger partial charge >= 0.3 is 0 Å². The van der Waals surface area contributed by atoms with E-state index in [0.717, 1.165) is 25.9 Å². The third-order valence-corrected chi connectivity index (χ3v) is 8.23. The van der Waals surface area contributed by atoms with Crippen molar-refractivity contribution in [1.82, 2.24) is 9.21 Å². The van der Waals surface area contributed by atoms with Gasteiger partial charge in [-0.05, 0) is 37.5 Å². The second kappa shape index (κ2) is 11.9. The Kier molecular flexibility index (Phi) is 9.89. The first kappa shape index (κ1) is 24.1. The van der Waals surface area contributed by atoms with Crippen LogP contribution in [0.15, 0.2) is 41.3 Å². The zero-order valence-electron chi connectivity index (χ0n) is 17.8. The minimum Gasteiger partial charge on any atom is -0.295 e. The summed E-state index contributed by atoms with van der Waals surface area (Å²) in [5.74, 6) is 0.460. The maximum absolute atomic E-state index is 13.4. The van der Waals surface area contributed by atoms with Crippen LogP contribution in [0.4, 0.5) is 0 Å². The summed E-state index contributed by atoms with van der Waals surface area (Å²) >= 11 is 1.18. The maximum atomic E-state index is 13.4. The van der Waals surface area contributed by atoms with Gasteiger partial charge in [0.25, 0.3) is 0 Å². The van der Waals surface area contributed by atoms with Crippen LogP contribution in [0.2, 0.25) is 0 Å². The molecule has 2 rings (SSSR count). The Bertz CT molecular complexity index is 768. The quantitative estimate of drug-likeness (QED) is 0.365. The van der Waals surface area contributed by atoms with E-state index in [2.05, 4.69) is 24.0 Å². The third-order valence-electron chi connectivity index (χ3n) is 5.15. The predicted molar refractivity (Wildman–Crippen MR) is 122 cm³/mol. The van der Waals surface area contributed by atoms with Gasteiger partial charge in [0.15, 0.2) is 5.12 Å². The monoisotopic (exact) mass is 438 g/mol. The van der Waals surface area contributed by atoms with E-state index < -0.39 is 10.0 Å². The summed E-state index contributed by atoms with van der Waals surface area (Å²) in [5.41, 5.74) is 1.17. The van der Waals surface area contributed by atoms with Crippen LogP contribution in [0.5, 0.6) is 0 Å². The van der Waals surface area contributed by atoms with Gasteiger partial charge in [0.1, 0.15) is 0 Å². The van der Waals surface area contributed by atoms with Crippen LogP contribution in [0.25, 0.3) is 0 Å². The van der Waals surface area contributed by atoms with Gasteiger partial charge in [0.05, 0.1) is 4.90 Å². The molecule has 0 radical (unpaired) electrons.